The number of halogens is 1. The zero-order chi connectivity index (χ0) is 15.1. The van der Waals surface area contributed by atoms with Gasteiger partial charge in [-0.15, -0.1) is 0 Å². The Morgan fingerprint density at radius 1 is 1.33 bits per heavy atom. The molecule has 1 aliphatic rings. The molecule has 116 valence electrons. The van der Waals surface area contributed by atoms with Gasteiger partial charge in [-0.2, -0.15) is 4.39 Å². The van der Waals surface area contributed by atoms with Crippen LogP contribution in [0.25, 0.3) is 0 Å². The molecule has 0 atom stereocenters. The minimum Gasteiger partial charge on any atom is -0.377 e. The molecular formula is C15H21FN2O3. The van der Waals surface area contributed by atoms with Crippen molar-refractivity contribution in [3.63, 3.8) is 0 Å². The maximum Gasteiger partial charge on any atom is 0.304 e. The van der Waals surface area contributed by atoms with E-state index in [4.69, 9.17) is 4.74 Å². The van der Waals surface area contributed by atoms with Crippen molar-refractivity contribution < 1.29 is 14.1 Å². The maximum atomic E-state index is 13.4. The zero-order valence-corrected chi connectivity index (χ0v) is 12.0. The Hall–Kier alpha value is -1.53. The summed E-state index contributed by atoms with van der Waals surface area (Å²) >= 11 is 0. The van der Waals surface area contributed by atoms with E-state index in [9.17, 15) is 14.5 Å². The monoisotopic (exact) mass is 296 g/mol. The second-order valence-electron chi connectivity index (χ2n) is 5.35. The van der Waals surface area contributed by atoms with Crippen molar-refractivity contribution in [1.82, 2.24) is 5.32 Å². The summed E-state index contributed by atoms with van der Waals surface area (Å²) in [4.78, 5) is 9.80. The lowest BCUT2D eigenvalue weighted by Gasteiger charge is -2.22. The molecule has 1 fully saturated rings. The number of hydrogen-bond donors (Lipinski definition) is 1. The topological polar surface area (TPSA) is 64.4 Å². The summed E-state index contributed by atoms with van der Waals surface area (Å²) in [6.07, 6.45) is 6.49. The lowest BCUT2D eigenvalue weighted by Crippen LogP contribution is -2.24. The Morgan fingerprint density at radius 2 is 2.10 bits per heavy atom. The summed E-state index contributed by atoms with van der Waals surface area (Å²) < 4.78 is 19.2. The quantitative estimate of drug-likeness (QED) is 0.477. The molecule has 0 aliphatic heterocycles. The Kier molecular flexibility index (Phi) is 6.07. The fraction of sp³-hybridized carbons (Fsp3) is 0.600. The maximum absolute atomic E-state index is 13.4. The van der Waals surface area contributed by atoms with Gasteiger partial charge in [0, 0.05) is 19.2 Å². The highest BCUT2D eigenvalue weighted by Gasteiger charge is 2.14. The minimum atomic E-state index is -0.794. The Balaban J connectivity index is 1.66. The average molecular weight is 296 g/mol. The van der Waals surface area contributed by atoms with E-state index < -0.39 is 16.4 Å². The molecule has 1 aliphatic carbocycles. The molecule has 6 heteroatoms. The molecule has 0 radical (unpaired) electrons. The summed E-state index contributed by atoms with van der Waals surface area (Å²) in [5.74, 6) is -0.794. The van der Waals surface area contributed by atoms with E-state index in [1.165, 1.54) is 31.4 Å². The molecule has 1 N–H and O–H groups in total. The van der Waals surface area contributed by atoms with Crippen molar-refractivity contribution in [1.29, 1.82) is 0 Å². The van der Waals surface area contributed by atoms with Crippen LogP contribution in [-0.2, 0) is 11.3 Å². The van der Waals surface area contributed by atoms with E-state index >= 15 is 0 Å². The van der Waals surface area contributed by atoms with Crippen LogP contribution in [0.5, 0.6) is 0 Å². The fourth-order valence-corrected chi connectivity index (χ4v) is 2.57. The summed E-state index contributed by atoms with van der Waals surface area (Å²) in [6.45, 7) is 1.80. The Morgan fingerprint density at radius 3 is 2.76 bits per heavy atom. The minimum absolute atomic E-state index is 0.386. The van der Waals surface area contributed by atoms with E-state index in [-0.39, 0.29) is 0 Å². The van der Waals surface area contributed by atoms with Crippen LogP contribution in [0.1, 0.15) is 37.7 Å². The third-order valence-corrected chi connectivity index (χ3v) is 3.72. The summed E-state index contributed by atoms with van der Waals surface area (Å²) in [7, 11) is 0. The summed E-state index contributed by atoms with van der Waals surface area (Å²) in [5, 5.41) is 13.7. The van der Waals surface area contributed by atoms with Gasteiger partial charge in [0.2, 0.25) is 5.82 Å². The van der Waals surface area contributed by atoms with E-state index in [1.54, 1.807) is 6.07 Å². The number of nitro benzene ring substituents is 1. The van der Waals surface area contributed by atoms with E-state index in [0.29, 0.717) is 31.4 Å². The molecule has 1 aromatic carbocycles. The molecule has 0 spiro atoms. The zero-order valence-electron chi connectivity index (χ0n) is 12.0. The van der Waals surface area contributed by atoms with Crippen molar-refractivity contribution in [3.05, 3.63) is 39.7 Å². The molecule has 1 saturated carbocycles. The molecular weight excluding hydrogens is 275 g/mol. The number of nitro groups is 1. The van der Waals surface area contributed by atoms with Gasteiger partial charge in [-0.3, -0.25) is 10.1 Å². The van der Waals surface area contributed by atoms with Gasteiger partial charge in [0.15, 0.2) is 0 Å². The molecule has 1 aromatic rings. The van der Waals surface area contributed by atoms with Gasteiger partial charge < -0.3 is 10.1 Å². The van der Waals surface area contributed by atoms with Crippen LogP contribution in [0, 0.1) is 15.9 Å². The van der Waals surface area contributed by atoms with Gasteiger partial charge in [-0.1, -0.05) is 25.3 Å². The van der Waals surface area contributed by atoms with Gasteiger partial charge in [-0.25, -0.2) is 0 Å². The molecule has 0 amide bonds. The SMILES string of the molecule is O=[N+]([O-])c1ccc(CNCCOC2CCCCC2)cc1F. The number of nitrogens with zero attached hydrogens (tertiary/aromatic N) is 1. The largest absolute Gasteiger partial charge is 0.377 e. The molecule has 0 saturated heterocycles. The highest BCUT2D eigenvalue weighted by Crippen LogP contribution is 2.20. The van der Waals surface area contributed by atoms with Gasteiger partial charge >= 0.3 is 5.69 Å². The highest BCUT2D eigenvalue weighted by atomic mass is 19.1. The molecule has 2 rings (SSSR count). The normalized spacial score (nSPS) is 16.0. The molecule has 21 heavy (non-hydrogen) atoms. The van der Waals surface area contributed by atoms with Crippen LogP contribution in [0.4, 0.5) is 10.1 Å². The first-order valence-corrected chi connectivity index (χ1v) is 7.42. The van der Waals surface area contributed by atoms with Gasteiger partial charge in [0.25, 0.3) is 0 Å². The fourth-order valence-electron chi connectivity index (χ4n) is 2.57. The molecule has 0 heterocycles. The highest BCUT2D eigenvalue weighted by molar-refractivity contribution is 5.34. The van der Waals surface area contributed by atoms with E-state index in [0.717, 1.165) is 12.8 Å². The summed E-state index contributed by atoms with van der Waals surface area (Å²) in [5.41, 5.74) is 0.204. The number of rotatable bonds is 7. The average Bonchev–Trinajstić information content (AvgIpc) is 2.47. The van der Waals surface area contributed by atoms with Crippen molar-refractivity contribution in [2.24, 2.45) is 0 Å². The number of ether oxygens (including phenoxy) is 1. The van der Waals surface area contributed by atoms with Crippen LogP contribution >= 0.6 is 0 Å². The number of benzene rings is 1. The second kappa shape index (κ2) is 8.05. The molecule has 0 unspecified atom stereocenters. The van der Waals surface area contributed by atoms with Crippen molar-refractivity contribution in [2.75, 3.05) is 13.2 Å². The molecule has 0 aromatic heterocycles. The predicted molar refractivity (Wildman–Crippen MR) is 77.6 cm³/mol. The number of hydrogen-bond acceptors (Lipinski definition) is 4. The van der Waals surface area contributed by atoms with E-state index in [2.05, 4.69) is 5.32 Å². The first-order chi connectivity index (χ1) is 10.2. The predicted octanol–water partition coefficient (Wildman–Crippen LogP) is 3.17. The third-order valence-electron chi connectivity index (χ3n) is 3.72. The Bertz CT molecular complexity index is 476. The van der Waals surface area contributed by atoms with Crippen molar-refractivity contribution >= 4 is 5.69 Å². The lowest BCUT2D eigenvalue weighted by atomic mass is 9.98. The smallest absolute Gasteiger partial charge is 0.304 e. The van der Waals surface area contributed by atoms with Gasteiger partial charge in [0.1, 0.15) is 0 Å². The van der Waals surface area contributed by atoms with Crippen LogP contribution in [0.15, 0.2) is 18.2 Å². The summed E-state index contributed by atoms with van der Waals surface area (Å²) in [6, 6.07) is 3.97. The number of nitrogens with one attached hydrogen (secondary N) is 1. The van der Waals surface area contributed by atoms with Crippen molar-refractivity contribution in [2.45, 2.75) is 44.8 Å². The molecule has 5 nitrogen and oxygen atoms in total. The van der Waals surface area contributed by atoms with Crippen LogP contribution in [0.2, 0.25) is 0 Å². The first kappa shape index (κ1) is 15.9. The first-order valence-electron chi connectivity index (χ1n) is 7.42. The standard InChI is InChI=1S/C15H21FN2O3/c16-14-10-12(6-7-15(14)18(19)20)11-17-8-9-21-13-4-2-1-3-5-13/h6-7,10,13,17H,1-5,8-9,11H2. The van der Waals surface area contributed by atoms with Crippen LogP contribution in [0.3, 0.4) is 0 Å². The third kappa shape index (κ3) is 5.06. The van der Waals surface area contributed by atoms with Gasteiger partial charge in [-0.05, 0) is 24.5 Å². The lowest BCUT2D eigenvalue weighted by molar-refractivity contribution is -0.387. The molecule has 0 bridgehead atoms. The van der Waals surface area contributed by atoms with Crippen LogP contribution < -0.4 is 5.32 Å². The van der Waals surface area contributed by atoms with Gasteiger partial charge in [0.05, 0.1) is 17.6 Å². The van der Waals surface area contributed by atoms with E-state index in [1.807, 2.05) is 0 Å². The van der Waals surface area contributed by atoms with Crippen molar-refractivity contribution in [3.8, 4) is 0 Å². The second-order valence-corrected chi connectivity index (χ2v) is 5.35. The van der Waals surface area contributed by atoms with Crippen LogP contribution in [-0.4, -0.2) is 24.2 Å². The Labute approximate surface area is 123 Å².